The van der Waals surface area contributed by atoms with Crippen LogP contribution in [0.25, 0.3) is 0 Å². The Morgan fingerprint density at radius 2 is 1.86 bits per heavy atom. The molecule has 1 aliphatic carbocycles. The molecule has 4 nitrogen and oxygen atoms in total. The van der Waals surface area contributed by atoms with E-state index in [1.54, 1.807) is 0 Å². The molecule has 2 aliphatic rings. The highest BCUT2D eigenvalue weighted by Gasteiger charge is 2.34. The molecule has 1 saturated heterocycles. The number of piperazine rings is 1. The van der Waals surface area contributed by atoms with Crippen molar-refractivity contribution in [3.8, 4) is 0 Å². The Morgan fingerprint density at radius 3 is 2.38 bits per heavy atom. The van der Waals surface area contributed by atoms with Crippen molar-refractivity contribution in [3.05, 3.63) is 10.6 Å². The SMILES string of the molecule is OCc1sc(N2CCN(CC(F)(F)F)CC2)nc1C1CC1. The van der Waals surface area contributed by atoms with Gasteiger partial charge in [-0.1, -0.05) is 11.3 Å². The summed E-state index contributed by atoms with van der Waals surface area (Å²) in [4.78, 5) is 8.98. The van der Waals surface area contributed by atoms with E-state index in [-0.39, 0.29) is 6.61 Å². The van der Waals surface area contributed by atoms with Crippen LogP contribution >= 0.6 is 11.3 Å². The minimum atomic E-state index is -4.13. The lowest BCUT2D eigenvalue weighted by molar-refractivity contribution is -0.146. The Balaban J connectivity index is 1.61. The van der Waals surface area contributed by atoms with Gasteiger partial charge >= 0.3 is 6.18 Å². The van der Waals surface area contributed by atoms with Crippen LogP contribution in [0, 0.1) is 0 Å². The largest absolute Gasteiger partial charge is 0.401 e. The summed E-state index contributed by atoms with van der Waals surface area (Å²) in [6, 6.07) is 0. The molecule has 2 fully saturated rings. The van der Waals surface area contributed by atoms with Crippen LogP contribution in [0.3, 0.4) is 0 Å². The molecule has 1 aromatic heterocycles. The molecule has 3 rings (SSSR count). The van der Waals surface area contributed by atoms with E-state index in [1.807, 2.05) is 4.90 Å². The van der Waals surface area contributed by atoms with Crippen LogP contribution in [-0.2, 0) is 6.61 Å². The Kier molecular flexibility index (Phi) is 4.11. The number of nitrogens with zero attached hydrogens (tertiary/aromatic N) is 3. The zero-order valence-electron chi connectivity index (χ0n) is 11.6. The molecule has 0 unspecified atom stereocenters. The molecular formula is C13H18F3N3OS. The van der Waals surface area contributed by atoms with Gasteiger partial charge in [0.15, 0.2) is 5.13 Å². The first-order chi connectivity index (χ1) is 9.96. The number of hydrogen-bond donors (Lipinski definition) is 1. The number of aliphatic hydroxyl groups excluding tert-OH is 1. The van der Waals surface area contributed by atoms with E-state index in [0.717, 1.165) is 28.5 Å². The second-order valence-electron chi connectivity index (χ2n) is 5.62. The van der Waals surface area contributed by atoms with Crippen molar-refractivity contribution in [2.45, 2.75) is 31.5 Å². The van der Waals surface area contributed by atoms with E-state index in [1.165, 1.54) is 16.2 Å². The molecule has 21 heavy (non-hydrogen) atoms. The Hall–Kier alpha value is -0.860. The molecule has 0 aromatic carbocycles. The van der Waals surface area contributed by atoms with Gasteiger partial charge in [-0.05, 0) is 12.8 Å². The average Bonchev–Trinajstić information content (AvgIpc) is 3.17. The monoisotopic (exact) mass is 321 g/mol. The molecule has 118 valence electrons. The molecule has 8 heteroatoms. The van der Waals surface area contributed by atoms with E-state index < -0.39 is 12.7 Å². The van der Waals surface area contributed by atoms with Crippen molar-refractivity contribution in [2.24, 2.45) is 0 Å². The number of alkyl halides is 3. The lowest BCUT2D eigenvalue weighted by atomic mass is 10.2. The first kappa shape index (κ1) is 15.1. The molecule has 0 atom stereocenters. The van der Waals surface area contributed by atoms with Gasteiger partial charge in [0.05, 0.1) is 23.7 Å². The van der Waals surface area contributed by atoms with Crippen molar-refractivity contribution in [1.29, 1.82) is 0 Å². The maximum atomic E-state index is 12.4. The molecule has 1 aromatic rings. The minimum Gasteiger partial charge on any atom is -0.391 e. The predicted octanol–water partition coefficient (Wildman–Crippen LogP) is 2.20. The lowest BCUT2D eigenvalue weighted by Crippen LogP contribution is -2.49. The summed E-state index contributed by atoms with van der Waals surface area (Å²) in [6.07, 6.45) is -1.89. The Bertz CT molecular complexity index is 493. The fraction of sp³-hybridized carbons (Fsp3) is 0.769. The third kappa shape index (κ3) is 3.67. The third-order valence-corrected chi connectivity index (χ3v) is 4.99. The van der Waals surface area contributed by atoms with E-state index in [9.17, 15) is 18.3 Å². The predicted molar refractivity (Wildman–Crippen MR) is 74.7 cm³/mol. The highest BCUT2D eigenvalue weighted by atomic mass is 32.1. The number of aromatic nitrogens is 1. The van der Waals surface area contributed by atoms with Gasteiger partial charge in [0.1, 0.15) is 0 Å². The molecule has 1 saturated carbocycles. The molecule has 0 spiro atoms. The van der Waals surface area contributed by atoms with Crippen LogP contribution < -0.4 is 4.90 Å². The second kappa shape index (κ2) is 5.73. The summed E-state index contributed by atoms with van der Waals surface area (Å²) < 4.78 is 37.1. The zero-order valence-corrected chi connectivity index (χ0v) is 12.4. The van der Waals surface area contributed by atoms with Crippen molar-refractivity contribution < 1.29 is 18.3 Å². The highest BCUT2D eigenvalue weighted by Crippen LogP contribution is 2.44. The molecule has 2 heterocycles. The van der Waals surface area contributed by atoms with Gasteiger partial charge in [-0.15, -0.1) is 0 Å². The van der Waals surface area contributed by atoms with Crippen LogP contribution in [0.15, 0.2) is 0 Å². The molecule has 0 amide bonds. The van der Waals surface area contributed by atoms with Gasteiger partial charge in [0.25, 0.3) is 0 Å². The normalized spacial score (nSPS) is 21.0. The lowest BCUT2D eigenvalue weighted by Gasteiger charge is -2.34. The van der Waals surface area contributed by atoms with Gasteiger partial charge in [-0.25, -0.2) is 4.98 Å². The number of hydrogen-bond acceptors (Lipinski definition) is 5. The van der Waals surface area contributed by atoms with Crippen LogP contribution in [0.2, 0.25) is 0 Å². The summed E-state index contributed by atoms with van der Waals surface area (Å²) in [5.74, 6) is 0.476. The smallest absolute Gasteiger partial charge is 0.391 e. The van der Waals surface area contributed by atoms with Crippen LogP contribution in [-0.4, -0.2) is 53.9 Å². The first-order valence-corrected chi connectivity index (χ1v) is 7.92. The van der Waals surface area contributed by atoms with E-state index >= 15 is 0 Å². The van der Waals surface area contributed by atoms with Crippen molar-refractivity contribution in [1.82, 2.24) is 9.88 Å². The third-order valence-electron chi connectivity index (χ3n) is 3.87. The van der Waals surface area contributed by atoms with Crippen molar-refractivity contribution >= 4 is 16.5 Å². The summed E-state index contributed by atoms with van der Waals surface area (Å²) in [7, 11) is 0. The van der Waals surface area contributed by atoms with Crippen molar-refractivity contribution in [2.75, 3.05) is 37.6 Å². The minimum absolute atomic E-state index is 0.00244. The Labute approximate surface area is 125 Å². The summed E-state index contributed by atoms with van der Waals surface area (Å²) in [6.45, 7) is 1.06. The van der Waals surface area contributed by atoms with E-state index in [2.05, 4.69) is 4.98 Å². The van der Waals surface area contributed by atoms with Gasteiger partial charge in [-0.3, -0.25) is 4.90 Å². The van der Waals surface area contributed by atoms with Gasteiger partial charge < -0.3 is 10.0 Å². The fourth-order valence-corrected chi connectivity index (χ4v) is 3.68. The number of thiazole rings is 1. The molecule has 0 radical (unpaired) electrons. The Morgan fingerprint density at radius 1 is 1.19 bits per heavy atom. The maximum absolute atomic E-state index is 12.4. The van der Waals surface area contributed by atoms with E-state index in [4.69, 9.17) is 0 Å². The number of halogens is 3. The molecule has 1 aliphatic heterocycles. The standard InChI is InChI=1S/C13H18F3N3OS/c14-13(15,16)8-18-3-5-19(6-4-18)12-17-11(9-1-2-9)10(7-20)21-12/h9,20H,1-8H2. The second-order valence-corrected chi connectivity index (χ2v) is 6.68. The molecule has 0 bridgehead atoms. The van der Waals surface area contributed by atoms with Gasteiger partial charge in [0.2, 0.25) is 0 Å². The van der Waals surface area contributed by atoms with Gasteiger partial charge in [0, 0.05) is 32.1 Å². The summed E-state index contributed by atoms with van der Waals surface area (Å²) >= 11 is 1.47. The average molecular weight is 321 g/mol. The number of rotatable bonds is 4. The van der Waals surface area contributed by atoms with Crippen molar-refractivity contribution in [3.63, 3.8) is 0 Å². The van der Waals surface area contributed by atoms with Crippen LogP contribution in [0.4, 0.5) is 18.3 Å². The fourth-order valence-electron chi connectivity index (χ4n) is 2.63. The quantitative estimate of drug-likeness (QED) is 0.923. The van der Waals surface area contributed by atoms with E-state index in [0.29, 0.717) is 32.1 Å². The molecular weight excluding hydrogens is 303 g/mol. The topological polar surface area (TPSA) is 39.6 Å². The highest BCUT2D eigenvalue weighted by molar-refractivity contribution is 7.15. The number of anilines is 1. The van der Waals surface area contributed by atoms with Crippen LogP contribution in [0.1, 0.15) is 29.3 Å². The summed E-state index contributed by atoms with van der Waals surface area (Å²) in [5.41, 5.74) is 0.996. The van der Waals surface area contributed by atoms with Gasteiger partial charge in [-0.2, -0.15) is 13.2 Å². The first-order valence-electron chi connectivity index (χ1n) is 7.11. The summed E-state index contributed by atoms with van der Waals surface area (Å²) in [5, 5.41) is 10.2. The zero-order chi connectivity index (χ0) is 15.0. The maximum Gasteiger partial charge on any atom is 0.401 e. The molecule has 1 N–H and O–H groups in total. The number of aliphatic hydroxyl groups is 1. The van der Waals surface area contributed by atoms with Crippen LogP contribution in [0.5, 0.6) is 0 Å².